The van der Waals surface area contributed by atoms with Crippen molar-refractivity contribution < 1.29 is 33.4 Å². The predicted molar refractivity (Wildman–Crippen MR) is 177 cm³/mol. The maximum absolute atomic E-state index is 12.9. The summed E-state index contributed by atoms with van der Waals surface area (Å²) in [6.45, 7) is 11.1. The van der Waals surface area contributed by atoms with E-state index in [0.29, 0.717) is 42.9 Å². The van der Waals surface area contributed by atoms with E-state index in [-0.39, 0.29) is 34.9 Å². The van der Waals surface area contributed by atoms with Crippen molar-refractivity contribution in [1.82, 2.24) is 4.90 Å². The molecule has 0 N–H and O–H groups in total. The lowest BCUT2D eigenvalue weighted by atomic mass is 9.42. The number of Topliss-reactive ketones (excluding diaryl/α,β-unsaturated/α-hetero) is 1. The molecule has 4 aliphatic carbocycles. The van der Waals surface area contributed by atoms with Crippen LogP contribution in [0.1, 0.15) is 111 Å². The normalized spacial score (nSPS) is 38.4. The molecule has 1 heterocycles. The van der Waals surface area contributed by atoms with Crippen LogP contribution in [0, 0.1) is 45.8 Å². The van der Waals surface area contributed by atoms with Gasteiger partial charge in [0.2, 0.25) is 0 Å². The van der Waals surface area contributed by atoms with Gasteiger partial charge in [-0.2, -0.15) is 0 Å². The minimum Gasteiger partial charge on any atom is -0.460 e. The summed E-state index contributed by atoms with van der Waals surface area (Å²) in [6, 6.07) is 8.64. The summed E-state index contributed by atoms with van der Waals surface area (Å²) in [4.78, 5) is 52.5. The van der Waals surface area contributed by atoms with Crippen molar-refractivity contribution in [3.05, 3.63) is 35.9 Å². The maximum Gasteiger partial charge on any atom is 0.410 e. The molecular weight excluding hydrogens is 594 g/mol. The van der Waals surface area contributed by atoms with Gasteiger partial charge in [-0.3, -0.25) is 9.69 Å². The van der Waals surface area contributed by atoms with E-state index in [2.05, 4.69) is 20.8 Å². The topological polar surface area (TPSA) is 99.2 Å². The van der Waals surface area contributed by atoms with Gasteiger partial charge in [0.15, 0.2) is 6.61 Å². The van der Waals surface area contributed by atoms with Crippen LogP contribution in [0.25, 0.3) is 0 Å². The van der Waals surface area contributed by atoms with Crippen LogP contribution in [0.3, 0.4) is 0 Å². The first-order valence-corrected chi connectivity index (χ1v) is 18.2. The van der Waals surface area contributed by atoms with Gasteiger partial charge in [-0.05, 0) is 125 Å². The van der Waals surface area contributed by atoms with E-state index >= 15 is 0 Å². The first kappa shape index (κ1) is 34.0. The predicted octanol–water partition coefficient (Wildman–Crippen LogP) is 7.52. The minimum atomic E-state index is -0.762. The summed E-state index contributed by atoms with van der Waals surface area (Å²) in [7, 11) is 0. The lowest BCUT2D eigenvalue weighted by Crippen LogP contribution is -2.56. The summed E-state index contributed by atoms with van der Waals surface area (Å²) in [5.74, 6) is 2.16. The third-order valence-electron chi connectivity index (χ3n) is 14.1. The van der Waals surface area contributed by atoms with E-state index in [1.165, 1.54) is 37.0 Å². The molecule has 0 aromatic heterocycles. The van der Waals surface area contributed by atoms with Crippen LogP contribution in [0.15, 0.2) is 30.3 Å². The van der Waals surface area contributed by atoms with E-state index in [1.807, 2.05) is 37.3 Å². The van der Waals surface area contributed by atoms with Crippen molar-refractivity contribution in [3.63, 3.8) is 0 Å². The number of esters is 2. The van der Waals surface area contributed by atoms with Crippen LogP contribution in [0.2, 0.25) is 0 Å². The lowest BCUT2D eigenvalue weighted by molar-refractivity contribution is -0.176. The Bertz CT molecular complexity index is 1350. The number of ketones is 1. The van der Waals surface area contributed by atoms with Gasteiger partial charge in [-0.15, -0.1) is 0 Å². The van der Waals surface area contributed by atoms with Crippen LogP contribution >= 0.6 is 0 Å². The molecule has 258 valence electrons. The number of benzene rings is 1. The second kappa shape index (κ2) is 13.2. The fourth-order valence-electron chi connectivity index (χ4n) is 11.1. The second-order valence-corrected chi connectivity index (χ2v) is 16.4. The molecule has 0 bridgehead atoms. The molecule has 2 unspecified atom stereocenters. The lowest BCUT2D eigenvalue weighted by Gasteiger charge is -2.62. The van der Waals surface area contributed by atoms with E-state index in [1.54, 1.807) is 6.92 Å². The molecule has 0 spiro atoms. The average Bonchev–Trinajstić information content (AvgIpc) is 3.68. The standard InChI is InChI=1S/C39H55NO7/c1-25(41)30-15-16-31-29-14-13-28-22-37(3,19-20-38(28,4)32(29)17-18-39(30,31)5)26(2)47-34(42)24-45-35(43)33-12-9-21-40(33)36(44)46-23-27-10-7-6-8-11-27/h6-8,10-11,26,28-33H,9,12-24H2,1-5H3/t26?,28-,29-,30+,31-,32-,33+,37?,38-,39+/m0/s1. The third-order valence-corrected chi connectivity index (χ3v) is 14.1. The van der Waals surface area contributed by atoms with Gasteiger partial charge in [-0.1, -0.05) is 51.1 Å². The van der Waals surface area contributed by atoms with Crippen molar-refractivity contribution >= 4 is 23.8 Å². The zero-order valence-electron chi connectivity index (χ0n) is 29.1. The summed E-state index contributed by atoms with van der Waals surface area (Å²) in [6.07, 6.45) is 10.6. The third kappa shape index (κ3) is 6.35. The Morgan fingerprint density at radius 2 is 1.62 bits per heavy atom. The van der Waals surface area contributed by atoms with Gasteiger partial charge < -0.3 is 14.2 Å². The molecule has 47 heavy (non-hydrogen) atoms. The minimum absolute atomic E-state index is 0.129. The Hall–Kier alpha value is -2.90. The van der Waals surface area contributed by atoms with Gasteiger partial charge in [0.25, 0.3) is 0 Å². The molecule has 1 aromatic carbocycles. The Labute approximate surface area is 280 Å². The number of amides is 1. The number of ether oxygens (including phenoxy) is 3. The largest absolute Gasteiger partial charge is 0.460 e. The van der Waals surface area contributed by atoms with Crippen molar-refractivity contribution in [2.75, 3.05) is 13.2 Å². The Balaban J connectivity index is 0.993. The van der Waals surface area contributed by atoms with Gasteiger partial charge in [0, 0.05) is 17.9 Å². The number of nitrogens with zero attached hydrogens (tertiary/aromatic N) is 1. The van der Waals surface area contributed by atoms with Gasteiger partial charge in [0.05, 0.1) is 0 Å². The molecule has 4 saturated carbocycles. The molecular formula is C39H55NO7. The average molecular weight is 650 g/mol. The highest BCUT2D eigenvalue weighted by Gasteiger charge is 2.62. The summed E-state index contributed by atoms with van der Waals surface area (Å²) < 4.78 is 16.8. The highest BCUT2D eigenvalue weighted by molar-refractivity contribution is 5.84. The van der Waals surface area contributed by atoms with Gasteiger partial charge in [-0.25, -0.2) is 14.4 Å². The van der Waals surface area contributed by atoms with Crippen LogP contribution in [-0.2, 0) is 35.2 Å². The van der Waals surface area contributed by atoms with Crippen molar-refractivity contribution in [1.29, 1.82) is 0 Å². The zero-order valence-corrected chi connectivity index (χ0v) is 29.1. The van der Waals surface area contributed by atoms with Gasteiger partial charge >= 0.3 is 18.0 Å². The smallest absolute Gasteiger partial charge is 0.410 e. The van der Waals surface area contributed by atoms with Crippen LogP contribution in [0.5, 0.6) is 0 Å². The van der Waals surface area contributed by atoms with Crippen LogP contribution in [-0.4, -0.2) is 54.0 Å². The first-order chi connectivity index (χ1) is 22.4. The van der Waals surface area contributed by atoms with Crippen molar-refractivity contribution in [2.45, 2.75) is 124 Å². The number of fused-ring (bicyclic) bond motifs is 5. The number of likely N-dealkylation sites (tertiary alicyclic amines) is 1. The molecule has 1 saturated heterocycles. The van der Waals surface area contributed by atoms with Crippen LogP contribution in [0.4, 0.5) is 4.79 Å². The van der Waals surface area contributed by atoms with Crippen molar-refractivity contribution in [3.8, 4) is 0 Å². The highest BCUT2D eigenvalue weighted by Crippen LogP contribution is 2.69. The first-order valence-electron chi connectivity index (χ1n) is 18.2. The summed E-state index contributed by atoms with van der Waals surface area (Å²) >= 11 is 0. The van der Waals surface area contributed by atoms with E-state index in [9.17, 15) is 19.2 Å². The second-order valence-electron chi connectivity index (χ2n) is 16.4. The molecule has 1 aromatic rings. The monoisotopic (exact) mass is 649 g/mol. The Kier molecular flexibility index (Phi) is 9.54. The summed E-state index contributed by atoms with van der Waals surface area (Å²) in [5, 5.41) is 0. The fraction of sp³-hybridized carbons (Fsp3) is 0.744. The molecule has 5 aliphatic rings. The molecule has 8 nitrogen and oxygen atoms in total. The Morgan fingerprint density at radius 3 is 2.36 bits per heavy atom. The molecule has 10 atom stereocenters. The van der Waals surface area contributed by atoms with E-state index in [0.717, 1.165) is 37.2 Å². The molecule has 1 aliphatic heterocycles. The maximum atomic E-state index is 12.9. The van der Waals surface area contributed by atoms with Crippen LogP contribution < -0.4 is 0 Å². The van der Waals surface area contributed by atoms with Gasteiger partial charge in [0.1, 0.15) is 24.5 Å². The van der Waals surface area contributed by atoms with E-state index < -0.39 is 30.7 Å². The fourth-order valence-corrected chi connectivity index (χ4v) is 11.1. The van der Waals surface area contributed by atoms with Crippen molar-refractivity contribution in [2.24, 2.45) is 45.8 Å². The quantitative estimate of drug-likeness (QED) is 0.212. The SMILES string of the molecule is CC(=O)[C@H]1CC[C@H]2[C@@H]3CC[C@H]4CC(C)(C(C)OC(=O)COC(=O)[C@H]5CCCN5C(=O)OCc5ccccc5)CC[C@]4(C)[C@H]3CC[C@]12C. The number of hydrogen-bond donors (Lipinski definition) is 0. The number of hydrogen-bond acceptors (Lipinski definition) is 7. The van der Waals surface area contributed by atoms with E-state index in [4.69, 9.17) is 14.2 Å². The molecule has 0 radical (unpaired) electrons. The number of rotatable bonds is 8. The molecule has 5 fully saturated rings. The molecule has 8 heteroatoms. The Morgan fingerprint density at radius 1 is 0.872 bits per heavy atom. The summed E-state index contributed by atoms with van der Waals surface area (Å²) in [5.41, 5.74) is 1.19. The molecule has 6 rings (SSSR count). The zero-order chi connectivity index (χ0) is 33.6. The number of carbonyl (C=O) groups excluding carboxylic acids is 4. The molecule has 1 amide bonds. The number of carbonyl (C=O) groups is 4. The highest BCUT2D eigenvalue weighted by atomic mass is 16.6.